The lowest BCUT2D eigenvalue weighted by atomic mass is 10.1. The zero-order valence-electron chi connectivity index (χ0n) is 16.8. The number of aryl methyl sites for hydroxylation is 1. The monoisotopic (exact) mass is 395 g/mol. The minimum atomic E-state index is -0.520. The van der Waals surface area contributed by atoms with Crippen LogP contribution in [0.2, 0.25) is 0 Å². The first-order valence-electron chi connectivity index (χ1n) is 9.34. The lowest BCUT2D eigenvalue weighted by Gasteiger charge is -2.18. The molecule has 7 heteroatoms. The van der Waals surface area contributed by atoms with Gasteiger partial charge in [0.2, 0.25) is 5.91 Å². The van der Waals surface area contributed by atoms with Gasteiger partial charge in [0.05, 0.1) is 14.2 Å². The Morgan fingerprint density at radius 1 is 1.07 bits per heavy atom. The fraction of sp³-hybridized carbons (Fsp3) is 0.273. The van der Waals surface area contributed by atoms with Crippen LogP contribution >= 0.6 is 0 Å². The molecule has 1 aromatic heterocycles. The molecule has 1 amide bonds. The average molecular weight is 395 g/mol. The summed E-state index contributed by atoms with van der Waals surface area (Å²) in [7, 11) is 3.22. The minimum absolute atomic E-state index is 0.197. The van der Waals surface area contributed by atoms with E-state index in [4.69, 9.17) is 14.0 Å². The molecule has 7 nitrogen and oxygen atoms in total. The molecule has 1 heterocycles. The van der Waals surface area contributed by atoms with Crippen LogP contribution in [0.4, 0.5) is 5.82 Å². The lowest BCUT2D eigenvalue weighted by molar-refractivity contribution is -0.118. The van der Waals surface area contributed by atoms with Crippen LogP contribution in [0.1, 0.15) is 22.9 Å². The number of carbonyl (C=O) groups excluding carboxylic acids is 1. The molecule has 0 aliphatic rings. The molecule has 2 N–H and O–H groups in total. The second-order valence-electron chi connectivity index (χ2n) is 6.55. The summed E-state index contributed by atoms with van der Waals surface area (Å²) in [6.07, 6.45) is 0.722. The fourth-order valence-electron chi connectivity index (χ4n) is 3.03. The van der Waals surface area contributed by atoms with Crippen molar-refractivity contribution in [3.05, 3.63) is 71.5 Å². The summed E-state index contributed by atoms with van der Waals surface area (Å²) < 4.78 is 15.7. The van der Waals surface area contributed by atoms with Crippen LogP contribution in [0.15, 0.2) is 59.1 Å². The zero-order chi connectivity index (χ0) is 20.6. The van der Waals surface area contributed by atoms with Crippen molar-refractivity contribution in [3.63, 3.8) is 0 Å². The van der Waals surface area contributed by atoms with Gasteiger partial charge in [-0.15, -0.1) is 0 Å². The number of ether oxygens (including phenoxy) is 2. The predicted molar refractivity (Wildman–Crippen MR) is 110 cm³/mol. The molecule has 0 fully saturated rings. The molecule has 0 aliphatic carbocycles. The largest absolute Gasteiger partial charge is 0.493 e. The molecule has 2 aromatic carbocycles. The van der Waals surface area contributed by atoms with Crippen molar-refractivity contribution in [2.75, 3.05) is 26.1 Å². The number of rotatable bonds is 9. The highest BCUT2D eigenvalue weighted by atomic mass is 16.5. The van der Waals surface area contributed by atoms with E-state index in [0.29, 0.717) is 29.6 Å². The summed E-state index contributed by atoms with van der Waals surface area (Å²) in [6.45, 7) is 2.37. The fourth-order valence-corrected chi connectivity index (χ4v) is 3.03. The molecule has 0 saturated heterocycles. The van der Waals surface area contributed by atoms with Crippen molar-refractivity contribution < 1.29 is 18.8 Å². The maximum Gasteiger partial charge on any atom is 0.247 e. The van der Waals surface area contributed by atoms with E-state index in [1.165, 1.54) is 0 Å². The smallest absolute Gasteiger partial charge is 0.247 e. The van der Waals surface area contributed by atoms with Gasteiger partial charge in [-0.3, -0.25) is 4.79 Å². The van der Waals surface area contributed by atoms with Gasteiger partial charge in [0.25, 0.3) is 0 Å². The van der Waals surface area contributed by atoms with Crippen molar-refractivity contribution in [2.24, 2.45) is 0 Å². The van der Waals surface area contributed by atoms with E-state index in [9.17, 15) is 4.79 Å². The Labute approximate surface area is 170 Å². The van der Waals surface area contributed by atoms with Crippen molar-refractivity contribution in [1.82, 2.24) is 10.5 Å². The summed E-state index contributed by atoms with van der Waals surface area (Å²) in [6, 6.07) is 16.5. The molecule has 0 bridgehead atoms. The second kappa shape index (κ2) is 9.75. The molecule has 152 valence electrons. The van der Waals surface area contributed by atoms with Gasteiger partial charge in [-0.1, -0.05) is 41.6 Å². The molecule has 3 aromatic rings. The summed E-state index contributed by atoms with van der Waals surface area (Å²) in [4.78, 5) is 12.9. The highest BCUT2D eigenvalue weighted by Gasteiger charge is 2.21. The number of amides is 1. The number of aromatic nitrogens is 1. The number of nitrogens with one attached hydrogen (secondary N) is 2. The number of hydrogen-bond acceptors (Lipinski definition) is 6. The summed E-state index contributed by atoms with van der Waals surface area (Å²) in [5, 5.41) is 9.97. The minimum Gasteiger partial charge on any atom is -0.493 e. The number of anilines is 1. The van der Waals surface area contributed by atoms with Crippen LogP contribution in [0.5, 0.6) is 11.5 Å². The van der Waals surface area contributed by atoms with Gasteiger partial charge in [0, 0.05) is 12.6 Å². The molecule has 0 spiro atoms. The van der Waals surface area contributed by atoms with Gasteiger partial charge in [-0.25, -0.2) is 0 Å². The van der Waals surface area contributed by atoms with Crippen molar-refractivity contribution >= 4 is 11.7 Å². The van der Waals surface area contributed by atoms with E-state index in [2.05, 4.69) is 15.8 Å². The molecule has 0 radical (unpaired) electrons. The Hall–Kier alpha value is -3.32. The van der Waals surface area contributed by atoms with Gasteiger partial charge < -0.3 is 24.6 Å². The summed E-state index contributed by atoms with van der Waals surface area (Å²) >= 11 is 0. The summed E-state index contributed by atoms with van der Waals surface area (Å²) in [5.41, 5.74) is 1.95. The Bertz CT molecular complexity index is 940. The molecule has 29 heavy (non-hydrogen) atoms. The van der Waals surface area contributed by atoms with E-state index in [1.807, 2.05) is 48.5 Å². The van der Waals surface area contributed by atoms with Crippen LogP contribution < -0.4 is 20.1 Å². The third-order valence-corrected chi connectivity index (χ3v) is 4.48. The van der Waals surface area contributed by atoms with Crippen LogP contribution in [0.3, 0.4) is 0 Å². The molecular weight excluding hydrogens is 370 g/mol. The topological polar surface area (TPSA) is 85.6 Å². The third-order valence-electron chi connectivity index (χ3n) is 4.48. The van der Waals surface area contributed by atoms with Gasteiger partial charge in [0.1, 0.15) is 11.8 Å². The van der Waals surface area contributed by atoms with Gasteiger partial charge >= 0.3 is 0 Å². The molecule has 1 atom stereocenters. The molecule has 0 saturated carbocycles. The van der Waals surface area contributed by atoms with E-state index >= 15 is 0 Å². The average Bonchev–Trinajstić information content (AvgIpc) is 3.16. The highest BCUT2D eigenvalue weighted by molar-refractivity contribution is 5.94. The SMILES string of the molecule is COc1ccc(CCNC(C(=O)Nc2cc(C)on2)c2ccccc2)cc1OC. The van der Waals surface area contributed by atoms with Crippen molar-refractivity contribution in [2.45, 2.75) is 19.4 Å². The van der Waals surface area contributed by atoms with Gasteiger partial charge in [0.15, 0.2) is 17.3 Å². The lowest BCUT2D eigenvalue weighted by Crippen LogP contribution is -2.34. The maximum absolute atomic E-state index is 12.9. The number of methoxy groups -OCH3 is 2. The Morgan fingerprint density at radius 3 is 2.48 bits per heavy atom. The Kier molecular flexibility index (Phi) is 6.86. The van der Waals surface area contributed by atoms with Crippen molar-refractivity contribution in [1.29, 1.82) is 0 Å². The first kappa shape index (κ1) is 20.4. The molecular formula is C22H25N3O4. The third kappa shape index (κ3) is 5.36. The maximum atomic E-state index is 12.9. The van der Waals surface area contributed by atoms with Crippen molar-refractivity contribution in [3.8, 4) is 11.5 Å². The highest BCUT2D eigenvalue weighted by Crippen LogP contribution is 2.27. The standard InChI is InChI=1S/C22H25N3O4/c1-15-13-20(25-29-15)24-22(26)21(17-7-5-4-6-8-17)23-12-11-16-9-10-18(27-2)19(14-16)28-3/h4-10,13-14,21,23H,11-12H2,1-3H3,(H,24,25,26). The van der Waals surface area contributed by atoms with Crippen LogP contribution in [-0.4, -0.2) is 31.8 Å². The first-order chi connectivity index (χ1) is 14.1. The number of nitrogens with zero attached hydrogens (tertiary/aromatic N) is 1. The van der Waals surface area contributed by atoms with E-state index in [0.717, 1.165) is 17.5 Å². The van der Waals surface area contributed by atoms with Gasteiger partial charge in [-0.2, -0.15) is 0 Å². The van der Waals surface area contributed by atoms with Crippen LogP contribution in [-0.2, 0) is 11.2 Å². The number of carbonyl (C=O) groups is 1. The van der Waals surface area contributed by atoms with Crippen LogP contribution in [0, 0.1) is 6.92 Å². The van der Waals surface area contributed by atoms with E-state index in [1.54, 1.807) is 27.2 Å². The quantitative estimate of drug-likeness (QED) is 0.577. The summed E-state index contributed by atoms with van der Waals surface area (Å²) in [5.74, 6) is 2.21. The normalized spacial score (nSPS) is 11.7. The van der Waals surface area contributed by atoms with E-state index in [-0.39, 0.29) is 5.91 Å². The molecule has 0 aliphatic heterocycles. The molecule has 3 rings (SSSR count). The zero-order valence-corrected chi connectivity index (χ0v) is 16.8. The van der Waals surface area contributed by atoms with Crippen LogP contribution in [0.25, 0.3) is 0 Å². The van der Waals surface area contributed by atoms with E-state index < -0.39 is 6.04 Å². The first-order valence-corrected chi connectivity index (χ1v) is 9.34. The Morgan fingerprint density at radius 2 is 1.83 bits per heavy atom. The Balaban J connectivity index is 1.68. The van der Waals surface area contributed by atoms with Gasteiger partial charge in [-0.05, 0) is 36.6 Å². The molecule has 1 unspecified atom stereocenters. The second-order valence-corrected chi connectivity index (χ2v) is 6.55. The number of benzene rings is 2. The number of hydrogen-bond donors (Lipinski definition) is 2. The predicted octanol–water partition coefficient (Wildman–Crippen LogP) is 3.51.